The van der Waals surface area contributed by atoms with Gasteiger partial charge in [0, 0.05) is 41.3 Å². The van der Waals surface area contributed by atoms with Crippen LogP contribution in [-0.2, 0) is 11.3 Å². The van der Waals surface area contributed by atoms with E-state index in [4.69, 9.17) is 28.3 Å². The summed E-state index contributed by atoms with van der Waals surface area (Å²) in [4.78, 5) is 30.8. The number of rotatable bonds is 8. The number of carbonyl (C=O) groups excluding carboxylic acids is 2. The van der Waals surface area contributed by atoms with Crippen molar-refractivity contribution in [3.05, 3.63) is 142 Å². The molecule has 2 heterocycles. The Hall–Kier alpha value is -4.72. The van der Waals surface area contributed by atoms with Gasteiger partial charge < -0.3 is 10.6 Å². The van der Waals surface area contributed by atoms with Gasteiger partial charge in [-0.05, 0) is 48.0 Å². The van der Waals surface area contributed by atoms with E-state index in [1.165, 1.54) is 12.1 Å². The van der Waals surface area contributed by atoms with E-state index in [2.05, 4.69) is 15.6 Å². The molecule has 40 heavy (non-hydrogen) atoms. The Labute approximate surface area is 241 Å². The molecule has 5 aromatic rings. The smallest absolute Gasteiger partial charge is 0.268 e. The fourth-order valence-corrected chi connectivity index (χ4v) is 4.48. The highest BCUT2D eigenvalue weighted by Gasteiger charge is 2.19. The van der Waals surface area contributed by atoms with Crippen molar-refractivity contribution in [2.45, 2.75) is 6.54 Å². The third kappa shape index (κ3) is 6.46. The summed E-state index contributed by atoms with van der Waals surface area (Å²) in [5.41, 5.74) is 3.98. The maximum atomic E-state index is 13.5. The molecule has 0 atom stereocenters. The van der Waals surface area contributed by atoms with Crippen LogP contribution in [0.1, 0.15) is 21.5 Å². The van der Waals surface area contributed by atoms with Crippen LogP contribution in [0.3, 0.4) is 0 Å². The molecule has 0 aliphatic rings. The van der Waals surface area contributed by atoms with Crippen molar-refractivity contribution in [2.24, 2.45) is 0 Å². The molecule has 2 amide bonds. The van der Waals surface area contributed by atoms with E-state index in [0.29, 0.717) is 16.3 Å². The topological polar surface area (TPSA) is 88.9 Å². The average Bonchev–Trinajstić information content (AvgIpc) is 3.41. The largest absolute Gasteiger partial charge is 0.347 e. The van der Waals surface area contributed by atoms with Crippen molar-refractivity contribution in [2.75, 3.05) is 0 Å². The van der Waals surface area contributed by atoms with Gasteiger partial charge in [0.2, 0.25) is 0 Å². The number of carbonyl (C=O) groups is 2. The van der Waals surface area contributed by atoms with Gasteiger partial charge in [-0.1, -0.05) is 77.8 Å². The summed E-state index contributed by atoms with van der Waals surface area (Å²) in [6.45, 7) is 0.219. The van der Waals surface area contributed by atoms with Crippen LogP contribution >= 0.6 is 23.2 Å². The number of nitrogens with zero attached hydrogens (tertiary/aromatic N) is 3. The number of benzene rings is 3. The fraction of sp³-hybridized carbons (Fsp3) is 0.0323. The molecule has 2 aromatic heterocycles. The van der Waals surface area contributed by atoms with Gasteiger partial charge in [0.25, 0.3) is 11.8 Å². The summed E-state index contributed by atoms with van der Waals surface area (Å²) in [5.74, 6) is -1.05. The lowest BCUT2D eigenvalue weighted by atomic mass is 10.1. The molecule has 0 spiro atoms. The van der Waals surface area contributed by atoms with Gasteiger partial charge in [0.1, 0.15) is 11.4 Å². The lowest BCUT2D eigenvalue weighted by molar-refractivity contribution is -0.117. The zero-order valence-corrected chi connectivity index (χ0v) is 22.6. The van der Waals surface area contributed by atoms with Crippen LogP contribution in [0.2, 0.25) is 10.0 Å². The van der Waals surface area contributed by atoms with E-state index in [1.807, 2.05) is 72.9 Å². The molecule has 0 unspecified atom stereocenters. The van der Waals surface area contributed by atoms with Gasteiger partial charge in [0.05, 0.1) is 16.3 Å². The number of pyridine rings is 1. The van der Waals surface area contributed by atoms with Crippen LogP contribution in [-0.4, -0.2) is 26.6 Å². The molecule has 0 saturated carbocycles. The number of para-hydroxylation sites is 1. The summed E-state index contributed by atoms with van der Waals surface area (Å²) in [5, 5.41) is 11.0. The second-order valence-corrected chi connectivity index (χ2v) is 9.60. The molecule has 0 aliphatic heterocycles. The second-order valence-electron chi connectivity index (χ2n) is 8.76. The Morgan fingerprint density at radius 2 is 1.65 bits per heavy atom. The highest BCUT2D eigenvalue weighted by molar-refractivity contribution is 6.36. The van der Waals surface area contributed by atoms with E-state index in [9.17, 15) is 9.59 Å². The van der Waals surface area contributed by atoms with Gasteiger partial charge in [0.15, 0.2) is 0 Å². The van der Waals surface area contributed by atoms with Crippen molar-refractivity contribution in [3.63, 3.8) is 0 Å². The van der Waals surface area contributed by atoms with E-state index < -0.39 is 11.8 Å². The Morgan fingerprint density at radius 1 is 0.900 bits per heavy atom. The minimum atomic E-state index is -0.554. The van der Waals surface area contributed by atoms with Crippen molar-refractivity contribution in [1.82, 2.24) is 25.4 Å². The quantitative estimate of drug-likeness (QED) is 0.214. The molecule has 7 nitrogen and oxygen atoms in total. The second kappa shape index (κ2) is 12.4. The number of hydrogen-bond acceptors (Lipinski definition) is 4. The first kappa shape index (κ1) is 26.9. The van der Waals surface area contributed by atoms with E-state index in [1.54, 1.807) is 35.3 Å². The summed E-state index contributed by atoms with van der Waals surface area (Å²) < 4.78 is 1.73. The summed E-state index contributed by atoms with van der Waals surface area (Å²) in [7, 11) is 0. The van der Waals surface area contributed by atoms with Crippen molar-refractivity contribution in [3.8, 4) is 16.9 Å². The third-order valence-electron chi connectivity index (χ3n) is 5.95. The minimum Gasteiger partial charge on any atom is -0.347 e. The van der Waals surface area contributed by atoms with Crippen LogP contribution in [0.5, 0.6) is 0 Å². The standard InChI is InChI=1S/C31H23Cl2N5O2/c32-24-13-14-26(27(33)17-24)30(39)36-28(31(40)35-19-21-8-7-15-34-18-21)16-23-20-38(25-11-5-2-6-12-25)37-29(23)22-9-3-1-4-10-22/h1-18,20H,19H2,(H,35,40)(H,36,39)/b28-16-. The number of nitrogens with one attached hydrogen (secondary N) is 2. The number of halogens is 2. The van der Waals surface area contributed by atoms with Crippen LogP contribution in [0, 0.1) is 0 Å². The maximum absolute atomic E-state index is 13.5. The molecule has 0 saturated heterocycles. The number of aromatic nitrogens is 3. The molecule has 5 rings (SSSR count). The zero-order valence-electron chi connectivity index (χ0n) is 21.1. The summed E-state index contributed by atoms with van der Waals surface area (Å²) in [6.07, 6.45) is 6.73. The third-order valence-corrected chi connectivity index (χ3v) is 6.50. The monoisotopic (exact) mass is 567 g/mol. The van der Waals surface area contributed by atoms with Crippen molar-refractivity contribution in [1.29, 1.82) is 0 Å². The Balaban J connectivity index is 1.55. The van der Waals surface area contributed by atoms with Crippen LogP contribution in [0.4, 0.5) is 0 Å². The molecule has 198 valence electrons. The highest BCUT2D eigenvalue weighted by atomic mass is 35.5. The molecular formula is C31H23Cl2N5O2. The predicted molar refractivity (Wildman–Crippen MR) is 157 cm³/mol. The predicted octanol–water partition coefficient (Wildman–Crippen LogP) is 6.33. The van der Waals surface area contributed by atoms with E-state index >= 15 is 0 Å². The van der Waals surface area contributed by atoms with Gasteiger partial charge in [-0.2, -0.15) is 5.10 Å². The fourth-order valence-electron chi connectivity index (χ4n) is 3.98. The van der Waals surface area contributed by atoms with Gasteiger partial charge in [-0.3, -0.25) is 14.6 Å². The molecule has 2 N–H and O–H groups in total. The van der Waals surface area contributed by atoms with Gasteiger partial charge in [-0.25, -0.2) is 4.68 Å². The van der Waals surface area contributed by atoms with Gasteiger partial charge >= 0.3 is 0 Å². The molecule has 0 aliphatic carbocycles. The molecule has 0 radical (unpaired) electrons. The van der Waals surface area contributed by atoms with Crippen molar-refractivity contribution >= 4 is 41.1 Å². The average molecular weight is 568 g/mol. The van der Waals surface area contributed by atoms with Crippen LogP contribution in [0.25, 0.3) is 23.0 Å². The lowest BCUT2D eigenvalue weighted by Crippen LogP contribution is -2.34. The SMILES string of the molecule is O=C(NCc1cccnc1)/C(=C/c1cn(-c2ccccc2)nc1-c1ccccc1)NC(=O)c1ccc(Cl)cc1Cl. The Bertz CT molecular complexity index is 1670. The van der Waals surface area contributed by atoms with E-state index in [0.717, 1.165) is 16.8 Å². The Kier molecular flexibility index (Phi) is 8.35. The first-order valence-corrected chi connectivity index (χ1v) is 13.1. The first-order valence-electron chi connectivity index (χ1n) is 12.3. The van der Waals surface area contributed by atoms with E-state index in [-0.39, 0.29) is 22.8 Å². The van der Waals surface area contributed by atoms with Crippen LogP contribution < -0.4 is 10.6 Å². The highest BCUT2D eigenvalue weighted by Crippen LogP contribution is 2.26. The van der Waals surface area contributed by atoms with Gasteiger partial charge in [-0.15, -0.1) is 0 Å². The van der Waals surface area contributed by atoms with Crippen molar-refractivity contribution < 1.29 is 9.59 Å². The van der Waals surface area contributed by atoms with Crippen LogP contribution in [0.15, 0.2) is 115 Å². The molecule has 9 heteroatoms. The minimum absolute atomic E-state index is 0.0182. The summed E-state index contributed by atoms with van der Waals surface area (Å²) >= 11 is 12.3. The lowest BCUT2D eigenvalue weighted by Gasteiger charge is -2.12. The first-order chi connectivity index (χ1) is 19.5. The Morgan fingerprint density at radius 3 is 2.35 bits per heavy atom. The molecular weight excluding hydrogens is 545 g/mol. The molecule has 0 bridgehead atoms. The normalized spacial score (nSPS) is 11.2. The number of hydrogen-bond donors (Lipinski definition) is 2. The zero-order chi connectivity index (χ0) is 27.9. The maximum Gasteiger partial charge on any atom is 0.268 e. The number of amides is 2. The molecule has 0 fully saturated rings. The summed E-state index contributed by atoms with van der Waals surface area (Å²) in [6, 6.07) is 27.4. The molecule has 3 aromatic carbocycles.